The van der Waals surface area contributed by atoms with E-state index in [2.05, 4.69) is 27.7 Å². The first-order valence-corrected chi connectivity index (χ1v) is 6.09. The Morgan fingerprint density at radius 1 is 0.692 bits per heavy atom. The van der Waals surface area contributed by atoms with Gasteiger partial charge in [0.1, 0.15) is 0 Å². The smallest absolute Gasteiger partial charge is 0.0251 e. The highest BCUT2D eigenvalue weighted by atomic mass is 14.4. The Labute approximate surface area is 84.1 Å². The van der Waals surface area contributed by atoms with Gasteiger partial charge >= 0.3 is 0 Å². The van der Waals surface area contributed by atoms with Crippen LogP contribution in [-0.4, -0.2) is 0 Å². The van der Waals surface area contributed by atoms with Crippen molar-refractivity contribution < 1.29 is 0 Å². The van der Waals surface area contributed by atoms with Crippen LogP contribution in [0.5, 0.6) is 0 Å². The number of hydrogen-bond acceptors (Lipinski definition) is 0. The van der Waals surface area contributed by atoms with Crippen LogP contribution in [0.1, 0.15) is 66.2 Å². The molecule has 0 atom stereocenters. The Bertz CT molecular complexity index is 126. The summed E-state index contributed by atoms with van der Waals surface area (Å²) in [5, 5.41) is 0. The van der Waals surface area contributed by atoms with Crippen molar-refractivity contribution in [3.63, 3.8) is 0 Å². The van der Waals surface area contributed by atoms with E-state index in [1.54, 1.807) is 0 Å². The summed E-state index contributed by atoms with van der Waals surface area (Å²) >= 11 is 0. The van der Waals surface area contributed by atoms with E-state index < -0.39 is 0 Å². The van der Waals surface area contributed by atoms with Crippen molar-refractivity contribution in [2.24, 2.45) is 17.3 Å². The van der Waals surface area contributed by atoms with Crippen LogP contribution in [0, 0.1) is 17.3 Å². The highest BCUT2D eigenvalue weighted by Crippen LogP contribution is 2.46. The third-order valence-electron chi connectivity index (χ3n) is 4.33. The molecule has 0 N–H and O–H groups in total. The molecule has 1 aliphatic rings. The van der Waals surface area contributed by atoms with Gasteiger partial charge in [-0.15, -0.1) is 0 Å². The zero-order valence-corrected chi connectivity index (χ0v) is 9.90. The molecule has 13 heavy (non-hydrogen) atoms. The summed E-state index contributed by atoms with van der Waals surface area (Å²) in [6.07, 6.45) is 8.83. The Kier molecular flexibility index (Phi) is 3.82. The van der Waals surface area contributed by atoms with Gasteiger partial charge in [-0.2, -0.15) is 0 Å². The maximum absolute atomic E-state index is 2.42. The fourth-order valence-corrected chi connectivity index (χ4v) is 3.21. The molecule has 0 radical (unpaired) electrons. The average Bonchev–Trinajstić information content (AvgIpc) is 2.28. The van der Waals surface area contributed by atoms with Crippen molar-refractivity contribution in [3.8, 4) is 0 Å². The van der Waals surface area contributed by atoms with Crippen molar-refractivity contribution in [1.29, 1.82) is 0 Å². The minimum absolute atomic E-state index is 0.663. The standard InChI is InChI=1S/C13H26/c1-11(2)13(12(3)4)9-7-5-6-8-10-13/h11-12H,5-10H2,1-4H3. The normalized spacial score (nSPS) is 23.5. The zero-order chi connectivity index (χ0) is 9.90. The molecule has 0 aliphatic heterocycles. The second-order valence-electron chi connectivity index (χ2n) is 5.46. The third-order valence-corrected chi connectivity index (χ3v) is 4.33. The van der Waals surface area contributed by atoms with Gasteiger partial charge in [-0.3, -0.25) is 0 Å². The van der Waals surface area contributed by atoms with Gasteiger partial charge in [-0.1, -0.05) is 53.4 Å². The molecule has 1 saturated carbocycles. The lowest BCUT2D eigenvalue weighted by molar-refractivity contribution is 0.0885. The molecule has 0 bridgehead atoms. The Morgan fingerprint density at radius 3 is 1.38 bits per heavy atom. The summed E-state index contributed by atoms with van der Waals surface area (Å²) in [7, 11) is 0. The highest BCUT2D eigenvalue weighted by Gasteiger charge is 2.36. The van der Waals surface area contributed by atoms with Crippen LogP contribution in [0.3, 0.4) is 0 Å². The summed E-state index contributed by atoms with van der Waals surface area (Å²) < 4.78 is 0. The Hall–Kier alpha value is 0. The zero-order valence-electron chi connectivity index (χ0n) is 9.90. The SMILES string of the molecule is CC(C)C1(C(C)C)CCCCCC1. The summed E-state index contributed by atoms with van der Waals surface area (Å²) in [6.45, 7) is 9.69. The first-order valence-electron chi connectivity index (χ1n) is 6.09. The molecule has 0 heteroatoms. The predicted octanol–water partition coefficient (Wildman–Crippen LogP) is 4.64. The van der Waals surface area contributed by atoms with Crippen LogP contribution in [-0.2, 0) is 0 Å². The molecule has 0 saturated heterocycles. The second-order valence-corrected chi connectivity index (χ2v) is 5.46. The number of hydrogen-bond donors (Lipinski definition) is 0. The molecule has 78 valence electrons. The van der Waals surface area contributed by atoms with Crippen LogP contribution >= 0.6 is 0 Å². The lowest BCUT2D eigenvalue weighted by atomic mass is 9.64. The van der Waals surface area contributed by atoms with Gasteiger partial charge in [0.25, 0.3) is 0 Å². The van der Waals surface area contributed by atoms with Crippen LogP contribution in [0.2, 0.25) is 0 Å². The lowest BCUT2D eigenvalue weighted by Gasteiger charge is -2.41. The summed E-state index contributed by atoms with van der Waals surface area (Å²) in [5.74, 6) is 1.73. The molecule has 1 fully saturated rings. The minimum Gasteiger partial charge on any atom is -0.0622 e. The molecule has 0 aromatic rings. The van der Waals surface area contributed by atoms with Gasteiger partial charge in [0, 0.05) is 0 Å². The van der Waals surface area contributed by atoms with Gasteiger partial charge in [-0.05, 0) is 30.1 Å². The molecule has 0 unspecified atom stereocenters. The molecular weight excluding hydrogens is 156 g/mol. The molecule has 0 nitrogen and oxygen atoms in total. The van der Waals surface area contributed by atoms with Gasteiger partial charge in [0.2, 0.25) is 0 Å². The topological polar surface area (TPSA) is 0 Å². The van der Waals surface area contributed by atoms with E-state index in [9.17, 15) is 0 Å². The molecule has 0 aromatic carbocycles. The van der Waals surface area contributed by atoms with Crippen molar-refractivity contribution in [1.82, 2.24) is 0 Å². The molecule has 0 spiro atoms. The summed E-state index contributed by atoms with van der Waals surface area (Å²) in [4.78, 5) is 0. The van der Waals surface area contributed by atoms with Gasteiger partial charge < -0.3 is 0 Å². The van der Waals surface area contributed by atoms with E-state index in [0.717, 1.165) is 11.8 Å². The van der Waals surface area contributed by atoms with Gasteiger partial charge in [-0.25, -0.2) is 0 Å². The predicted molar refractivity (Wildman–Crippen MR) is 59.8 cm³/mol. The van der Waals surface area contributed by atoms with Gasteiger partial charge in [0.15, 0.2) is 0 Å². The fourth-order valence-electron chi connectivity index (χ4n) is 3.21. The Morgan fingerprint density at radius 2 is 1.08 bits per heavy atom. The molecule has 0 heterocycles. The van der Waals surface area contributed by atoms with E-state index in [-0.39, 0.29) is 0 Å². The molecule has 0 amide bonds. The maximum Gasteiger partial charge on any atom is -0.0251 e. The van der Waals surface area contributed by atoms with E-state index >= 15 is 0 Å². The van der Waals surface area contributed by atoms with E-state index in [1.807, 2.05) is 0 Å². The minimum atomic E-state index is 0.663. The van der Waals surface area contributed by atoms with Crippen LogP contribution in [0.15, 0.2) is 0 Å². The molecule has 1 aliphatic carbocycles. The average molecular weight is 182 g/mol. The summed E-state index contributed by atoms with van der Waals surface area (Å²) in [6, 6.07) is 0. The third kappa shape index (κ3) is 2.27. The van der Waals surface area contributed by atoms with Crippen molar-refractivity contribution in [3.05, 3.63) is 0 Å². The highest BCUT2D eigenvalue weighted by molar-refractivity contribution is 4.86. The fraction of sp³-hybridized carbons (Fsp3) is 1.00. The van der Waals surface area contributed by atoms with Crippen LogP contribution in [0.25, 0.3) is 0 Å². The monoisotopic (exact) mass is 182 g/mol. The van der Waals surface area contributed by atoms with Crippen molar-refractivity contribution in [2.45, 2.75) is 66.2 Å². The molecular formula is C13H26. The van der Waals surface area contributed by atoms with Crippen molar-refractivity contribution in [2.75, 3.05) is 0 Å². The summed E-state index contributed by atoms with van der Waals surface area (Å²) in [5.41, 5.74) is 0.663. The van der Waals surface area contributed by atoms with Gasteiger partial charge in [0.05, 0.1) is 0 Å². The van der Waals surface area contributed by atoms with Crippen LogP contribution < -0.4 is 0 Å². The Balaban J connectivity index is 2.74. The first-order chi connectivity index (χ1) is 6.09. The first kappa shape index (κ1) is 11.1. The molecule has 0 aromatic heterocycles. The van der Waals surface area contributed by atoms with E-state index in [4.69, 9.17) is 0 Å². The quantitative estimate of drug-likeness (QED) is 0.546. The maximum atomic E-state index is 2.42. The number of rotatable bonds is 2. The largest absolute Gasteiger partial charge is 0.0622 e. The lowest BCUT2D eigenvalue weighted by Crippen LogP contribution is -2.32. The second kappa shape index (κ2) is 4.48. The van der Waals surface area contributed by atoms with E-state index in [1.165, 1.54) is 38.5 Å². The van der Waals surface area contributed by atoms with Crippen LogP contribution in [0.4, 0.5) is 0 Å². The van der Waals surface area contributed by atoms with E-state index in [0.29, 0.717) is 5.41 Å². The van der Waals surface area contributed by atoms with Crippen molar-refractivity contribution >= 4 is 0 Å². The molecule has 1 rings (SSSR count).